The number of hydrogen-bond acceptors (Lipinski definition) is 4. The Balaban J connectivity index is 2.04. The summed E-state index contributed by atoms with van der Waals surface area (Å²) >= 11 is 0. The predicted molar refractivity (Wildman–Crippen MR) is 88.4 cm³/mol. The molecule has 0 aliphatic rings. The highest BCUT2D eigenvalue weighted by Crippen LogP contribution is 2.19. The first-order valence-corrected chi connectivity index (χ1v) is 6.99. The first-order chi connectivity index (χ1) is 11.1. The van der Waals surface area contributed by atoms with Crippen molar-refractivity contribution in [1.29, 1.82) is 0 Å². The predicted octanol–water partition coefficient (Wildman–Crippen LogP) is 3.27. The summed E-state index contributed by atoms with van der Waals surface area (Å²) < 4.78 is 10.2. The molecule has 0 aromatic heterocycles. The Morgan fingerprint density at radius 1 is 1.00 bits per heavy atom. The third-order valence-electron chi connectivity index (χ3n) is 2.95. The Labute approximate surface area is 134 Å². The van der Waals surface area contributed by atoms with Gasteiger partial charge < -0.3 is 14.8 Å². The summed E-state index contributed by atoms with van der Waals surface area (Å²) in [4.78, 5) is 23.0. The Hall–Kier alpha value is -3.08. The molecule has 0 aliphatic carbocycles. The molecule has 5 nitrogen and oxygen atoms in total. The van der Waals surface area contributed by atoms with Crippen molar-refractivity contribution in [3.63, 3.8) is 0 Å². The lowest BCUT2D eigenvalue weighted by Crippen LogP contribution is -2.07. The molecule has 0 unspecified atom stereocenters. The van der Waals surface area contributed by atoms with Gasteiger partial charge in [-0.15, -0.1) is 0 Å². The van der Waals surface area contributed by atoms with Gasteiger partial charge in [-0.2, -0.15) is 0 Å². The average molecular weight is 311 g/mol. The van der Waals surface area contributed by atoms with Crippen molar-refractivity contribution < 1.29 is 19.1 Å². The van der Waals surface area contributed by atoms with E-state index in [1.54, 1.807) is 55.7 Å². The van der Waals surface area contributed by atoms with Gasteiger partial charge in [0.25, 0.3) is 0 Å². The molecule has 23 heavy (non-hydrogen) atoms. The van der Waals surface area contributed by atoms with E-state index in [0.717, 1.165) is 5.56 Å². The van der Waals surface area contributed by atoms with Crippen LogP contribution in [0.2, 0.25) is 0 Å². The molecule has 0 spiro atoms. The fourth-order valence-corrected chi connectivity index (χ4v) is 1.90. The largest absolute Gasteiger partial charge is 0.497 e. The van der Waals surface area contributed by atoms with Crippen LogP contribution in [0.5, 0.6) is 11.5 Å². The number of anilines is 1. The number of benzene rings is 2. The van der Waals surface area contributed by atoms with Crippen molar-refractivity contribution in [3.05, 3.63) is 60.2 Å². The maximum Gasteiger partial charge on any atom is 0.336 e. The minimum absolute atomic E-state index is 0.174. The lowest BCUT2D eigenvalue weighted by atomic mass is 10.1. The van der Waals surface area contributed by atoms with Crippen LogP contribution in [0.1, 0.15) is 12.5 Å². The topological polar surface area (TPSA) is 64.6 Å². The van der Waals surface area contributed by atoms with Crippen LogP contribution < -0.4 is 14.8 Å². The molecule has 1 N–H and O–H groups in total. The molecule has 0 bridgehead atoms. The number of amides is 1. The Morgan fingerprint density at radius 3 is 2.30 bits per heavy atom. The van der Waals surface area contributed by atoms with Crippen molar-refractivity contribution in [3.8, 4) is 11.5 Å². The van der Waals surface area contributed by atoms with Crippen molar-refractivity contribution >= 4 is 23.6 Å². The van der Waals surface area contributed by atoms with Crippen LogP contribution in [-0.4, -0.2) is 19.0 Å². The number of methoxy groups -OCH3 is 1. The zero-order valence-electron chi connectivity index (χ0n) is 12.9. The molecule has 2 aromatic carbocycles. The molecule has 118 valence electrons. The third kappa shape index (κ3) is 5.00. The molecule has 0 saturated carbocycles. The van der Waals surface area contributed by atoms with Crippen LogP contribution in [0.15, 0.2) is 54.6 Å². The molecule has 0 heterocycles. The van der Waals surface area contributed by atoms with Gasteiger partial charge in [0.05, 0.1) is 7.11 Å². The fourth-order valence-electron chi connectivity index (χ4n) is 1.90. The molecular formula is C18H17NO4. The van der Waals surface area contributed by atoms with E-state index in [4.69, 9.17) is 9.47 Å². The van der Waals surface area contributed by atoms with Crippen LogP contribution in [0, 0.1) is 0 Å². The number of esters is 1. The minimum atomic E-state index is -0.507. The molecule has 0 saturated heterocycles. The van der Waals surface area contributed by atoms with Gasteiger partial charge in [-0.1, -0.05) is 18.2 Å². The van der Waals surface area contributed by atoms with Crippen LogP contribution in [0.3, 0.4) is 0 Å². The third-order valence-corrected chi connectivity index (χ3v) is 2.95. The summed E-state index contributed by atoms with van der Waals surface area (Å²) in [6.07, 6.45) is 2.90. The maximum atomic E-state index is 11.8. The van der Waals surface area contributed by atoms with Crippen LogP contribution in [-0.2, 0) is 9.59 Å². The molecular weight excluding hydrogens is 294 g/mol. The highest BCUT2D eigenvalue weighted by atomic mass is 16.5. The number of nitrogens with one attached hydrogen (secondary N) is 1. The van der Waals surface area contributed by atoms with Crippen molar-refractivity contribution in [2.75, 3.05) is 12.4 Å². The average Bonchev–Trinajstić information content (AvgIpc) is 2.54. The van der Waals surface area contributed by atoms with E-state index in [9.17, 15) is 9.59 Å². The molecule has 0 atom stereocenters. The lowest BCUT2D eigenvalue weighted by Gasteiger charge is -2.06. The fraction of sp³-hybridized carbons (Fsp3) is 0.111. The van der Waals surface area contributed by atoms with Crippen molar-refractivity contribution in [2.45, 2.75) is 6.92 Å². The van der Waals surface area contributed by atoms with E-state index in [1.807, 2.05) is 6.07 Å². The molecule has 2 aromatic rings. The zero-order valence-corrected chi connectivity index (χ0v) is 12.9. The zero-order chi connectivity index (χ0) is 16.7. The van der Waals surface area contributed by atoms with Gasteiger partial charge in [0.15, 0.2) is 0 Å². The van der Waals surface area contributed by atoms with Gasteiger partial charge in [0.2, 0.25) is 5.91 Å². The van der Waals surface area contributed by atoms with Crippen LogP contribution in [0.4, 0.5) is 5.69 Å². The SMILES string of the molecule is COc1ccc(OC(=O)/C=C/c2ccccc2NC(C)=O)cc1. The van der Waals surface area contributed by atoms with Crippen molar-refractivity contribution in [2.24, 2.45) is 0 Å². The standard InChI is InChI=1S/C18H17NO4/c1-13(20)19-17-6-4-3-5-14(17)7-12-18(21)23-16-10-8-15(22-2)9-11-16/h3-12H,1-2H3,(H,19,20)/b12-7+. The second-order valence-corrected chi connectivity index (χ2v) is 4.70. The number of ether oxygens (including phenoxy) is 2. The summed E-state index contributed by atoms with van der Waals surface area (Å²) in [5, 5.41) is 2.70. The normalized spacial score (nSPS) is 10.3. The Bertz CT molecular complexity index is 720. The highest BCUT2D eigenvalue weighted by Gasteiger charge is 2.03. The maximum absolute atomic E-state index is 11.8. The summed E-state index contributed by atoms with van der Waals surface area (Å²) in [6, 6.07) is 13.9. The Morgan fingerprint density at radius 2 is 1.65 bits per heavy atom. The monoisotopic (exact) mass is 311 g/mol. The second-order valence-electron chi connectivity index (χ2n) is 4.70. The lowest BCUT2D eigenvalue weighted by molar-refractivity contribution is -0.128. The second kappa shape index (κ2) is 7.79. The van der Waals surface area contributed by atoms with Gasteiger partial charge in [-0.3, -0.25) is 4.79 Å². The van der Waals surface area contributed by atoms with E-state index in [2.05, 4.69) is 5.32 Å². The molecule has 1 amide bonds. The van der Waals surface area contributed by atoms with E-state index in [1.165, 1.54) is 13.0 Å². The summed E-state index contributed by atoms with van der Waals surface area (Å²) in [6.45, 7) is 1.43. The number of rotatable bonds is 5. The molecule has 0 fully saturated rings. The Kier molecular flexibility index (Phi) is 5.52. The summed E-state index contributed by atoms with van der Waals surface area (Å²) in [7, 11) is 1.57. The first kappa shape index (κ1) is 16.3. The summed E-state index contributed by atoms with van der Waals surface area (Å²) in [5.41, 5.74) is 1.35. The van der Waals surface area contributed by atoms with E-state index in [0.29, 0.717) is 17.2 Å². The van der Waals surface area contributed by atoms with Gasteiger partial charge in [-0.25, -0.2) is 4.79 Å². The van der Waals surface area contributed by atoms with E-state index < -0.39 is 5.97 Å². The minimum Gasteiger partial charge on any atom is -0.497 e. The smallest absolute Gasteiger partial charge is 0.336 e. The van der Waals surface area contributed by atoms with Gasteiger partial charge in [0, 0.05) is 18.7 Å². The molecule has 5 heteroatoms. The van der Waals surface area contributed by atoms with Crippen LogP contribution >= 0.6 is 0 Å². The number of carbonyl (C=O) groups is 2. The first-order valence-electron chi connectivity index (χ1n) is 6.99. The van der Waals surface area contributed by atoms with Gasteiger partial charge in [0.1, 0.15) is 11.5 Å². The van der Waals surface area contributed by atoms with E-state index >= 15 is 0 Å². The number of hydrogen-bond donors (Lipinski definition) is 1. The quantitative estimate of drug-likeness (QED) is 0.523. The molecule has 0 radical (unpaired) electrons. The number of para-hydroxylation sites is 1. The van der Waals surface area contributed by atoms with Crippen LogP contribution in [0.25, 0.3) is 6.08 Å². The van der Waals surface area contributed by atoms with Crippen molar-refractivity contribution in [1.82, 2.24) is 0 Å². The van der Waals surface area contributed by atoms with E-state index in [-0.39, 0.29) is 5.91 Å². The van der Waals surface area contributed by atoms with Gasteiger partial charge in [-0.05, 0) is 42.0 Å². The van der Waals surface area contributed by atoms with Gasteiger partial charge >= 0.3 is 5.97 Å². The highest BCUT2D eigenvalue weighted by molar-refractivity contribution is 5.94. The molecule has 0 aliphatic heterocycles. The number of carbonyl (C=O) groups excluding carboxylic acids is 2. The molecule has 2 rings (SSSR count). The summed E-state index contributed by atoms with van der Waals surface area (Å²) in [5.74, 6) is 0.430.